The van der Waals surface area contributed by atoms with E-state index in [4.69, 9.17) is 9.47 Å². The smallest absolute Gasteiger partial charge is 0.161 e. The van der Waals surface area contributed by atoms with Crippen LogP contribution in [0.5, 0.6) is 11.5 Å². The average molecular weight is 322 g/mol. The van der Waals surface area contributed by atoms with Gasteiger partial charge >= 0.3 is 0 Å². The number of H-pyrrole nitrogens is 2. The molecule has 0 spiro atoms. The molecule has 1 aliphatic carbocycles. The Morgan fingerprint density at radius 1 is 1.04 bits per heavy atom. The molecule has 0 atom stereocenters. The summed E-state index contributed by atoms with van der Waals surface area (Å²) in [6.07, 6.45) is 1.79. The van der Waals surface area contributed by atoms with Crippen LogP contribution >= 0.6 is 0 Å². The first kappa shape index (κ1) is 14.4. The van der Waals surface area contributed by atoms with E-state index in [1.54, 1.807) is 20.4 Å². The first-order chi connectivity index (χ1) is 11.8. The van der Waals surface area contributed by atoms with Gasteiger partial charge in [0.1, 0.15) is 5.82 Å². The summed E-state index contributed by atoms with van der Waals surface area (Å²) in [5.74, 6) is 2.38. The summed E-state index contributed by atoms with van der Waals surface area (Å²) in [5.41, 5.74) is 3.12. The molecule has 1 aliphatic heterocycles. The SMILES string of the molecule is COc1cc2cc3c(NCc4ccccn4)[nH][nH]c-3c2cc1OC. The Bertz CT molecular complexity index is 943. The van der Waals surface area contributed by atoms with Crippen molar-refractivity contribution in [3.8, 4) is 22.8 Å². The second-order valence-electron chi connectivity index (χ2n) is 5.53. The molecule has 1 aromatic heterocycles. The lowest BCUT2D eigenvalue weighted by atomic mass is 10.2. The zero-order chi connectivity index (χ0) is 16.5. The predicted molar refractivity (Wildman–Crippen MR) is 93.9 cm³/mol. The summed E-state index contributed by atoms with van der Waals surface area (Å²) in [4.78, 5) is 4.33. The first-order valence-corrected chi connectivity index (χ1v) is 7.68. The first-order valence-electron chi connectivity index (χ1n) is 7.68. The molecule has 1 aromatic carbocycles. The van der Waals surface area contributed by atoms with Crippen molar-refractivity contribution >= 4 is 16.6 Å². The van der Waals surface area contributed by atoms with Crippen LogP contribution in [-0.4, -0.2) is 29.4 Å². The van der Waals surface area contributed by atoms with E-state index in [1.165, 1.54) is 0 Å². The summed E-state index contributed by atoms with van der Waals surface area (Å²) in [6, 6.07) is 12.0. The molecule has 0 amide bonds. The molecule has 0 unspecified atom stereocenters. The van der Waals surface area contributed by atoms with Gasteiger partial charge in [-0.3, -0.25) is 15.2 Å². The number of nitrogens with zero attached hydrogens (tertiary/aromatic N) is 1. The highest BCUT2D eigenvalue weighted by atomic mass is 16.5. The molecule has 6 nitrogen and oxygen atoms in total. The summed E-state index contributed by atoms with van der Waals surface area (Å²) in [5, 5.41) is 12.0. The van der Waals surface area contributed by atoms with E-state index in [0.717, 1.165) is 45.0 Å². The molecule has 0 fully saturated rings. The quantitative estimate of drug-likeness (QED) is 0.524. The number of hydrogen-bond donors (Lipinski definition) is 3. The fourth-order valence-corrected chi connectivity index (χ4v) is 2.95. The summed E-state index contributed by atoms with van der Waals surface area (Å²) in [7, 11) is 3.29. The topological polar surface area (TPSA) is 75.0 Å². The number of rotatable bonds is 5. The number of methoxy groups -OCH3 is 2. The largest absolute Gasteiger partial charge is 0.493 e. The van der Waals surface area contributed by atoms with Crippen molar-refractivity contribution < 1.29 is 9.47 Å². The van der Waals surface area contributed by atoms with Crippen LogP contribution in [0.15, 0.2) is 42.6 Å². The van der Waals surface area contributed by atoms with Gasteiger partial charge in [-0.05, 0) is 35.7 Å². The van der Waals surface area contributed by atoms with Gasteiger partial charge in [0.05, 0.1) is 32.2 Å². The highest BCUT2D eigenvalue weighted by molar-refractivity contribution is 6.05. The molecule has 6 heteroatoms. The van der Waals surface area contributed by atoms with Crippen LogP contribution in [0, 0.1) is 0 Å². The number of aromatic nitrogens is 3. The van der Waals surface area contributed by atoms with Gasteiger partial charge in [0.25, 0.3) is 0 Å². The van der Waals surface area contributed by atoms with E-state index >= 15 is 0 Å². The number of hydrogen-bond acceptors (Lipinski definition) is 4. The van der Waals surface area contributed by atoms with Crippen molar-refractivity contribution in [2.24, 2.45) is 0 Å². The maximum absolute atomic E-state index is 5.40. The minimum absolute atomic E-state index is 0.651. The van der Waals surface area contributed by atoms with E-state index in [1.807, 2.05) is 30.3 Å². The van der Waals surface area contributed by atoms with Crippen molar-refractivity contribution in [3.63, 3.8) is 0 Å². The molecule has 122 valence electrons. The van der Waals surface area contributed by atoms with Crippen molar-refractivity contribution in [2.45, 2.75) is 6.54 Å². The maximum atomic E-state index is 5.40. The molecule has 0 radical (unpaired) electrons. The van der Waals surface area contributed by atoms with Gasteiger partial charge in [-0.25, -0.2) is 0 Å². The molecular formula is C18H18N4O2. The maximum Gasteiger partial charge on any atom is 0.161 e. The van der Waals surface area contributed by atoms with E-state index in [-0.39, 0.29) is 0 Å². The highest BCUT2D eigenvalue weighted by Gasteiger charge is 2.19. The molecule has 2 aromatic rings. The van der Waals surface area contributed by atoms with Crippen LogP contribution in [0.1, 0.15) is 5.69 Å². The molecular weight excluding hydrogens is 304 g/mol. The van der Waals surface area contributed by atoms with Crippen LogP contribution in [0.2, 0.25) is 0 Å². The van der Waals surface area contributed by atoms with Crippen LogP contribution in [0.3, 0.4) is 0 Å². The van der Waals surface area contributed by atoms with Gasteiger partial charge in [0.2, 0.25) is 0 Å². The average Bonchev–Trinajstić information content (AvgIpc) is 3.18. The Hall–Kier alpha value is -3.15. The normalized spacial score (nSPS) is 11.1. The van der Waals surface area contributed by atoms with Crippen molar-refractivity contribution in [1.29, 1.82) is 0 Å². The predicted octanol–water partition coefficient (Wildman–Crippen LogP) is 3.63. The Kier molecular flexibility index (Phi) is 3.49. The number of pyridine rings is 1. The van der Waals surface area contributed by atoms with Crippen LogP contribution in [0.25, 0.3) is 22.0 Å². The standard InChI is InChI=1S/C18H18N4O2/c1-23-15-8-11-7-14-17(13(11)9-16(15)24-2)21-22-18(14)20-10-12-5-3-4-6-19-12/h3-9,20-22H,10H2,1-2H3. The Morgan fingerprint density at radius 2 is 1.88 bits per heavy atom. The summed E-state index contributed by atoms with van der Waals surface area (Å²) < 4.78 is 10.8. The van der Waals surface area contributed by atoms with Crippen LogP contribution < -0.4 is 14.8 Å². The second kappa shape index (κ2) is 5.81. The Morgan fingerprint density at radius 3 is 2.62 bits per heavy atom. The minimum Gasteiger partial charge on any atom is -0.493 e. The van der Waals surface area contributed by atoms with Crippen molar-refractivity contribution in [2.75, 3.05) is 19.5 Å². The van der Waals surface area contributed by atoms with Gasteiger partial charge in [0.15, 0.2) is 11.5 Å². The Balaban J connectivity index is 1.69. The fourth-order valence-electron chi connectivity index (χ4n) is 2.95. The molecule has 3 N–H and O–H groups in total. The molecule has 0 bridgehead atoms. The second-order valence-corrected chi connectivity index (χ2v) is 5.53. The fraction of sp³-hybridized carbons (Fsp3) is 0.167. The lowest BCUT2D eigenvalue weighted by Crippen LogP contribution is -2.01. The molecule has 24 heavy (non-hydrogen) atoms. The number of nitrogens with one attached hydrogen (secondary N) is 3. The van der Waals surface area contributed by atoms with Gasteiger partial charge in [-0.15, -0.1) is 0 Å². The van der Waals surface area contributed by atoms with E-state index in [2.05, 4.69) is 26.6 Å². The van der Waals surface area contributed by atoms with Gasteiger partial charge in [0, 0.05) is 17.1 Å². The lowest BCUT2D eigenvalue weighted by molar-refractivity contribution is 0.356. The number of ether oxygens (including phenoxy) is 2. The third-order valence-corrected chi connectivity index (χ3v) is 4.15. The van der Waals surface area contributed by atoms with E-state index in [0.29, 0.717) is 6.54 Å². The molecule has 0 saturated heterocycles. The summed E-state index contributed by atoms with van der Waals surface area (Å²) in [6.45, 7) is 0.651. The van der Waals surface area contributed by atoms with Crippen molar-refractivity contribution in [3.05, 3.63) is 48.3 Å². The number of aromatic amines is 2. The third kappa shape index (κ3) is 2.32. The lowest BCUT2D eigenvalue weighted by Gasteiger charge is -2.07. The van der Waals surface area contributed by atoms with Gasteiger partial charge in [-0.2, -0.15) is 0 Å². The number of anilines is 1. The Labute approximate surface area is 139 Å². The molecule has 0 saturated carbocycles. The van der Waals surface area contributed by atoms with Crippen LogP contribution in [-0.2, 0) is 6.54 Å². The van der Waals surface area contributed by atoms with Crippen molar-refractivity contribution in [1.82, 2.24) is 15.2 Å². The minimum atomic E-state index is 0.651. The monoisotopic (exact) mass is 322 g/mol. The molecule has 2 aliphatic rings. The number of fused-ring (bicyclic) bond motifs is 3. The zero-order valence-electron chi connectivity index (χ0n) is 13.5. The number of benzene rings is 1. The van der Waals surface area contributed by atoms with E-state index < -0.39 is 0 Å². The molecule has 2 heterocycles. The van der Waals surface area contributed by atoms with Crippen LogP contribution in [0.4, 0.5) is 5.82 Å². The molecule has 4 rings (SSSR count). The van der Waals surface area contributed by atoms with Gasteiger partial charge in [-0.1, -0.05) is 6.07 Å². The van der Waals surface area contributed by atoms with E-state index in [9.17, 15) is 0 Å². The summed E-state index contributed by atoms with van der Waals surface area (Å²) >= 11 is 0. The zero-order valence-corrected chi connectivity index (χ0v) is 13.5. The van der Waals surface area contributed by atoms with Gasteiger partial charge < -0.3 is 14.8 Å². The third-order valence-electron chi connectivity index (χ3n) is 4.15. The highest BCUT2D eigenvalue weighted by Crippen LogP contribution is 2.42.